The SMILES string of the molecule is CCC(C)C(N)C(=O)Nc1nc2ccccc2s1. The van der Waals surface area contributed by atoms with Crippen LogP contribution in [0.25, 0.3) is 10.2 Å². The molecule has 1 aromatic carbocycles. The molecule has 1 heterocycles. The summed E-state index contributed by atoms with van der Waals surface area (Å²) in [5, 5.41) is 3.40. The minimum Gasteiger partial charge on any atom is -0.320 e. The summed E-state index contributed by atoms with van der Waals surface area (Å²) in [6.07, 6.45) is 0.883. The molecule has 0 aliphatic carbocycles. The van der Waals surface area contributed by atoms with E-state index in [1.54, 1.807) is 0 Å². The molecule has 3 N–H and O–H groups in total. The summed E-state index contributed by atoms with van der Waals surface area (Å²) in [7, 11) is 0. The molecule has 1 aromatic heterocycles. The van der Waals surface area contributed by atoms with Crippen LogP contribution in [0.1, 0.15) is 20.3 Å². The zero-order valence-electron chi connectivity index (χ0n) is 10.5. The van der Waals surface area contributed by atoms with E-state index >= 15 is 0 Å². The maximum absolute atomic E-state index is 11.9. The molecular weight excluding hydrogens is 246 g/mol. The molecule has 1 amide bonds. The van der Waals surface area contributed by atoms with Crippen molar-refractivity contribution in [3.05, 3.63) is 24.3 Å². The van der Waals surface area contributed by atoms with Crippen LogP contribution in [0.4, 0.5) is 5.13 Å². The fraction of sp³-hybridized carbons (Fsp3) is 0.385. The van der Waals surface area contributed by atoms with E-state index in [9.17, 15) is 4.79 Å². The van der Waals surface area contributed by atoms with Gasteiger partial charge in [0.15, 0.2) is 5.13 Å². The Morgan fingerprint density at radius 1 is 1.50 bits per heavy atom. The lowest BCUT2D eigenvalue weighted by molar-refractivity contribution is -0.118. The first-order valence-electron chi connectivity index (χ1n) is 6.03. The summed E-state index contributed by atoms with van der Waals surface area (Å²) >= 11 is 1.46. The van der Waals surface area contributed by atoms with Crippen LogP contribution in [0.2, 0.25) is 0 Å². The zero-order chi connectivity index (χ0) is 13.1. The molecule has 0 aliphatic rings. The van der Waals surface area contributed by atoms with Crippen LogP contribution >= 0.6 is 11.3 Å². The third-order valence-electron chi connectivity index (χ3n) is 3.08. The Hall–Kier alpha value is -1.46. The van der Waals surface area contributed by atoms with Crippen LogP contribution < -0.4 is 11.1 Å². The number of carbonyl (C=O) groups excluding carboxylic acids is 1. The molecule has 4 nitrogen and oxygen atoms in total. The van der Waals surface area contributed by atoms with Crippen molar-refractivity contribution in [2.24, 2.45) is 11.7 Å². The van der Waals surface area contributed by atoms with Crippen LogP contribution in [0.5, 0.6) is 0 Å². The Morgan fingerprint density at radius 2 is 2.22 bits per heavy atom. The second kappa shape index (κ2) is 5.46. The summed E-state index contributed by atoms with van der Waals surface area (Å²) in [6.45, 7) is 4.00. The lowest BCUT2D eigenvalue weighted by atomic mass is 10.00. The Balaban J connectivity index is 2.11. The van der Waals surface area contributed by atoms with Gasteiger partial charge in [0.05, 0.1) is 16.3 Å². The minimum atomic E-state index is -0.484. The molecule has 0 radical (unpaired) electrons. The van der Waals surface area contributed by atoms with E-state index in [0.29, 0.717) is 5.13 Å². The Bertz CT molecular complexity index is 519. The topological polar surface area (TPSA) is 68.0 Å². The normalized spacial score (nSPS) is 14.4. The number of amides is 1. The highest BCUT2D eigenvalue weighted by Crippen LogP contribution is 2.25. The van der Waals surface area contributed by atoms with Gasteiger partial charge in [-0.3, -0.25) is 4.79 Å². The Labute approximate surface area is 110 Å². The van der Waals surface area contributed by atoms with Gasteiger partial charge < -0.3 is 11.1 Å². The van der Waals surface area contributed by atoms with E-state index < -0.39 is 6.04 Å². The van der Waals surface area contributed by atoms with Gasteiger partial charge >= 0.3 is 0 Å². The quantitative estimate of drug-likeness (QED) is 0.891. The molecule has 5 heteroatoms. The maximum Gasteiger partial charge on any atom is 0.243 e. The first-order valence-corrected chi connectivity index (χ1v) is 6.85. The molecule has 0 fully saturated rings. The van der Waals surface area contributed by atoms with Crippen molar-refractivity contribution in [2.45, 2.75) is 26.3 Å². The third-order valence-corrected chi connectivity index (χ3v) is 4.04. The lowest BCUT2D eigenvalue weighted by Gasteiger charge is -2.16. The highest BCUT2D eigenvalue weighted by Gasteiger charge is 2.20. The van der Waals surface area contributed by atoms with Gasteiger partial charge in [0.2, 0.25) is 5.91 Å². The molecule has 0 aliphatic heterocycles. The second-order valence-corrected chi connectivity index (χ2v) is 5.42. The van der Waals surface area contributed by atoms with Crippen molar-refractivity contribution in [2.75, 3.05) is 5.32 Å². The molecule has 96 valence electrons. The number of nitrogens with zero attached hydrogens (tertiary/aromatic N) is 1. The average Bonchev–Trinajstić information content (AvgIpc) is 2.78. The van der Waals surface area contributed by atoms with Crippen molar-refractivity contribution in [1.82, 2.24) is 4.98 Å². The molecule has 0 spiro atoms. The molecule has 2 rings (SSSR count). The van der Waals surface area contributed by atoms with E-state index in [-0.39, 0.29) is 11.8 Å². The van der Waals surface area contributed by atoms with Gasteiger partial charge in [0.1, 0.15) is 0 Å². The van der Waals surface area contributed by atoms with Crippen molar-refractivity contribution < 1.29 is 4.79 Å². The molecule has 2 atom stereocenters. The summed E-state index contributed by atoms with van der Waals surface area (Å²) < 4.78 is 1.06. The number of anilines is 1. The fourth-order valence-electron chi connectivity index (χ4n) is 1.63. The maximum atomic E-state index is 11.9. The van der Waals surface area contributed by atoms with Crippen LogP contribution in [-0.2, 0) is 4.79 Å². The molecule has 0 saturated carbocycles. The van der Waals surface area contributed by atoms with Crippen LogP contribution in [0.3, 0.4) is 0 Å². The minimum absolute atomic E-state index is 0.164. The number of fused-ring (bicyclic) bond motifs is 1. The first kappa shape index (κ1) is 13.0. The van der Waals surface area contributed by atoms with Gasteiger partial charge in [-0.1, -0.05) is 43.7 Å². The number of nitrogens with two attached hydrogens (primary N) is 1. The fourth-order valence-corrected chi connectivity index (χ4v) is 2.50. The summed E-state index contributed by atoms with van der Waals surface area (Å²) in [5.41, 5.74) is 6.78. The molecule has 0 saturated heterocycles. The number of nitrogens with one attached hydrogen (secondary N) is 1. The third kappa shape index (κ3) is 2.68. The number of rotatable bonds is 4. The largest absolute Gasteiger partial charge is 0.320 e. The van der Waals surface area contributed by atoms with Crippen molar-refractivity contribution >= 4 is 32.6 Å². The summed E-state index contributed by atoms with van der Waals surface area (Å²) in [5.74, 6) is 0.00258. The predicted molar refractivity (Wildman–Crippen MR) is 75.7 cm³/mol. The molecule has 0 bridgehead atoms. The van der Waals surface area contributed by atoms with E-state index in [1.807, 2.05) is 38.1 Å². The van der Waals surface area contributed by atoms with Crippen molar-refractivity contribution in [3.63, 3.8) is 0 Å². The molecule has 18 heavy (non-hydrogen) atoms. The summed E-state index contributed by atoms with van der Waals surface area (Å²) in [4.78, 5) is 16.3. The van der Waals surface area contributed by atoms with Gasteiger partial charge in [-0.15, -0.1) is 0 Å². The predicted octanol–water partition coefficient (Wildman–Crippen LogP) is 2.61. The van der Waals surface area contributed by atoms with Gasteiger partial charge in [0.25, 0.3) is 0 Å². The number of benzene rings is 1. The van der Waals surface area contributed by atoms with Gasteiger partial charge in [-0.05, 0) is 18.1 Å². The van der Waals surface area contributed by atoms with Crippen LogP contribution in [0, 0.1) is 5.92 Å². The van der Waals surface area contributed by atoms with Gasteiger partial charge in [-0.2, -0.15) is 0 Å². The first-order chi connectivity index (χ1) is 8.61. The average molecular weight is 263 g/mol. The Morgan fingerprint density at radius 3 is 2.89 bits per heavy atom. The Kier molecular flexibility index (Phi) is 3.93. The van der Waals surface area contributed by atoms with Crippen molar-refractivity contribution in [3.8, 4) is 0 Å². The summed E-state index contributed by atoms with van der Waals surface area (Å²) in [6, 6.07) is 7.31. The number of para-hydroxylation sites is 1. The number of carbonyl (C=O) groups is 1. The highest BCUT2D eigenvalue weighted by molar-refractivity contribution is 7.22. The standard InChI is InChI=1S/C13H17N3OS/c1-3-8(2)11(14)12(17)16-13-15-9-6-4-5-7-10(9)18-13/h4-8,11H,3,14H2,1-2H3,(H,15,16,17). The van der Waals surface area contributed by atoms with Crippen molar-refractivity contribution in [1.29, 1.82) is 0 Å². The van der Waals surface area contributed by atoms with Crippen LogP contribution in [0.15, 0.2) is 24.3 Å². The number of thiazole rings is 1. The van der Waals surface area contributed by atoms with E-state index in [0.717, 1.165) is 16.6 Å². The number of hydrogen-bond acceptors (Lipinski definition) is 4. The van der Waals surface area contributed by atoms with Crippen LogP contribution in [-0.4, -0.2) is 16.9 Å². The monoisotopic (exact) mass is 263 g/mol. The zero-order valence-corrected chi connectivity index (χ0v) is 11.3. The van der Waals surface area contributed by atoms with E-state index in [2.05, 4.69) is 10.3 Å². The highest BCUT2D eigenvalue weighted by atomic mass is 32.1. The number of hydrogen-bond donors (Lipinski definition) is 2. The molecule has 2 aromatic rings. The van der Waals surface area contributed by atoms with E-state index in [4.69, 9.17) is 5.73 Å². The van der Waals surface area contributed by atoms with Gasteiger partial charge in [-0.25, -0.2) is 4.98 Å². The molecule has 2 unspecified atom stereocenters. The second-order valence-electron chi connectivity index (χ2n) is 4.39. The smallest absolute Gasteiger partial charge is 0.243 e. The van der Waals surface area contributed by atoms with E-state index in [1.165, 1.54) is 11.3 Å². The lowest BCUT2D eigenvalue weighted by Crippen LogP contribution is -2.40. The van der Waals surface area contributed by atoms with Gasteiger partial charge in [0, 0.05) is 0 Å². The number of aromatic nitrogens is 1. The molecular formula is C13H17N3OS.